The minimum atomic E-state index is -0.211. The molecule has 0 aliphatic carbocycles. The van der Waals surface area contributed by atoms with Gasteiger partial charge in [0.2, 0.25) is 0 Å². The van der Waals surface area contributed by atoms with Crippen LogP contribution in [0.15, 0.2) is 24.8 Å². The fourth-order valence-corrected chi connectivity index (χ4v) is 2.54. The summed E-state index contributed by atoms with van der Waals surface area (Å²) >= 11 is 7.38. The fourth-order valence-electron chi connectivity index (χ4n) is 1.41. The highest BCUT2D eigenvalue weighted by Crippen LogP contribution is 2.22. The molecule has 1 heterocycles. The third-order valence-electron chi connectivity index (χ3n) is 2.05. The Kier molecular flexibility index (Phi) is 6.26. The summed E-state index contributed by atoms with van der Waals surface area (Å²) in [5, 5.41) is 0. The average molecular weight is 274 g/mol. The van der Waals surface area contributed by atoms with Gasteiger partial charge in [0.15, 0.2) is 0 Å². The maximum absolute atomic E-state index is 11.4. The third kappa shape index (κ3) is 5.35. The van der Waals surface area contributed by atoms with Crippen molar-refractivity contribution in [1.29, 1.82) is 0 Å². The van der Waals surface area contributed by atoms with E-state index in [4.69, 9.17) is 16.3 Å². The highest BCUT2D eigenvalue weighted by Gasteiger charge is 2.11. The molecule has 0 amide bonds. The van der Waals surface area contributed by atoms with Gasteiger partial charge in [0.25, 0.3) is 0 Å². The summed E-state index contributed by atoms with van der Waals surface area (Å²) < 4.78 is 5.68. The predicted molar refractivity (Wildman–Crippen MR) is 71.4 cm³/mol. The van der Waals surface area contributed by atoms with Gasteiger partial charge >= 0.3 is 5.97 Å². The number of hydrogen-bond acceptors (Lipinski definition) is 4. The molecule has 0 atom stereocenters. The second-order valence-electron chi connectivity index (χ2n) is 3.47. The number of halogens is 1. The molecular formula is C12H16ClNO2S. The van der Waals surface area contributed by atoms with E-state index in [-0.39, 0.29) is 12.5 Å². The van der Waals surface area contributed by atoms with Crippen LogP contribution in [0.1, 0.15) is 11.8 Å². The van der Waals surface area contributed by atoms with Crippen molar-refractivity contribution in [3.05, 3.63) is 34.0 Å². The molecule has 1 rings (SSSR count). The van der Waals surface area contributed by atoms with E-state index >= 15 is 0 Å². The molecular weight excluding hydrogens is 258 g/mol. The molecule has 0 radical (unpaired) electrons. The highest BCUT2D eigenvalue weighted by atomic mass is 35.5. The van der Waals surface area contributed by atoms with Gasteiger partial charge in [0.1, 0.15) is 0 Å². The van der Waals surface area contributed by atoms with E-state index in [1.807, 2.05) is 17.0 Å². The number of ether oxygens (including phenoxy) is 1. The molecule has 5 heteroatoms. The van der Waals surface area contributed by atoms with E-state index < -0.39 is 0 Å². The van der Waals surface area contributed by atoms with E-state index in [1.54, 1.807) is 13.0 Å². The monoisotopic (exact) mass is 273 g/mol. The first-order valence-electron chi connectivity index (χ1n) is 5.38. The molecule has 0 aromatic carbocycles. The third-order valence-corrected chi connectivity index (χ3v) is 3.27. The maximum atomic E-state index is 11.4. The molecule has 0 N–H and O–H groups in total. The normalized spacial score (nSPS) is 10.5. The Morgan fingerprint density at radius 2 is 2.41 bits per heavy atom. The topological polar surface area (TPSA) is 29.5 Å². The van der Waals surface area contributed by atoms with E-state index in [2.05, 4.69) is 6.58 Å². The van der Waals surface area contributed by atoms with Gasteiger partial charge in [-0.2, -0.15) is 0 Å². The van der Waals surface area contributed by atoms with Crippen LogP contribution in [0.4, 0.5) is 0 Å². The van der Waals surface area contributed by atoms with Crippen LogP contribution in [-0.4, -0.2) is 30.6 Å². The van der Waals surface area contributed by atoms with Crippen molar-refractivity contribution in [2.45, 2.75) is 13.5 Å². The van der Waals surface area contributed by atoms with Crippen LogP contribution in [0, 0.1) is 0 Å². The molecule has 0 saturated carbocycles. The Morgan fingerprint density at radius 1 is 1.65 bits per heavy atom. The molecule has 0 unspecified atom stereocenters. The largest absolute Gasteiger partial charge is 0.465 e. The molecule has 0 aliphatic rings. The molecule has 17 heavy (non-hydrogen) atoms. The molecule has 94 valence electrons. The molecule has 1 aromatic rings. The Hall–Kier alpha value is -0.840. The summed E-state index contributed by atoms with van der Waals surface area (Å²) in [6, 6.07) is 3.83. The zero-order valence-corrected chi connectivity index (χ0v) is 11.4. The number of carbonyl (C=O) groups excluding carboxylic acids is 1. The SMILES string of the molecule is C=CCN(CC(=O)OCC)Cc1ccc(Cl)s1. The zero-order valence-electron chi connectivity index (χ0n) is 9.82. The number of esters is 1. The minimum Gasteiger partial charge on any atom is -0.465 e. The molecule has 0 spiro atoms. The van der Waals surface area contributed by atoms with Crippen LogP contribution < -0.4 is 0 Å². The number of carbonyl (C=O) groups is 1. The van der Waals surface area contributed by atoms with Gasteiger partial charge in [-0.05, 0) is 19.1 Å². The lowest BCUT2D eigenvalue weighted by molar-refractivity contribution is -0.144. The van der Waals surface area contributed by atoms with Gasteiger partial charge in [-0.3, -0.25) is 9.69 Å². The first-order valence-corrected chi connectivity index (χ1v) is 6.58. The Balaban J connectivity index is 2.53. The molecule has 0 saturated heterocycles. The second-order valence-corrected chi connectivity index (χ2v) is 5.27. The number of hydrogen-bond donors (Lipinski definition) is 0. The lowest BCUT2D eigenvalue weighted by Gasteiger charge is -2.18. The number of rotatable bonds is 7. The van der Waals surface area contributed by atoms with Crippen molar-refractivity contribution in [2.24, 2.45) is 0 Å². The fraction of sp³-hybridized carbons (Fsp3) is 0.417. The lowest BCUT2D eigenvalue weighted by Crippen LogP contribution is -2.30. The molecule has 0 fully saturated rings. The standard InChI is InChI=1S/C12H16ClNO2S/c1-3-7-14(9-12(15)16-4-2)8-10-5-6-11(13)17-10/h3,5-6H,1,4,7-9H2,2H3. The van der Waals surface area contributed by atoms with Gasteiger partial charge < -0.3 is 4.74 Å². The summed E-state index contributed by atoms with van der Waals surface area (Å²) in [7, 11) is 0. The van der Waals surface area contributed by atoms with Crippen molar-refractivity contribution in [2.75, 3.05) is 19.7 Å². The minimum absolute atomic E-state index is 0.211. The van der Waals surface area contributed by atoms with Crippen molar-refractivity contribution < 1.29 is 9.53 Å². The Labute approximate surface area is 111 Å². The van der Waals surface area contributed by atoms with Gasteiger partial charge in [0, 0.05) is 18.0 Å². The average Bonchev–Trinajstić information content (AvgIpc) is 2.64. The van der Waals surface area contributed by atoms with E-state index in [0.717, 1.165) is 9.21 Å². The maximum Gasteiger partial charge on any atom is 0.320 e. The second kappa shape index (κ2) is 7.48. The Bertz CT molecular complexity index is 378. The lowest BCUT2D eigenvalue weighted by atomic mass is 10.4. The van der Waals surface area contributed by atoms with Crippen molar-refractivity contribution >= 4 is 28.9 Å². The van der Waals surface area contributed by atoms with E-state index in [9.17, 15) is 4.79 Å². The summed E-state index contributed by atoms with van der Waals surface area (Å²) in [6.45, 7) is 7.50. The smallest absolute Gasteiger partial charge is 0.320 e. The molecule has 3 nitrogen and oxygen atoms in total. The van der Waals surface area contributed by atoms with Crippen LogP contribution in [0.5, 0.6) is 0 Å². The summed E-state index contributed by atoms with van der Waals surface area (Å²) in [5.41, 5.74) is 0. The van der Waals surface area contributed by atoms with Crippen LogP contribution in [0.2, 0.25) is 4.34 Å². The molecule has 0 bridgehead atoms. The number of nitrogens with zero attached hydrogens (tertiary/aromatic N) is 1. The van der Waals surface area contributed by atoms with Crippen molar-refractivity contribution in [1.82, 2.24) is 4.90 Å². The molecule has 1 aromatic heterocycles. The van der Waals surface area contributed by atoms with Gasteiger partial charge in [-0.25, -0.2) is 0 Å². The van der Waals surface area contributed by atoms with Gasteiger partial charge in [-0.1, -0.05) is 17.7 Å². The van der Waals surface area contributed by atoms with Crippen LogP contribution in [0.3, 0.4) is 0 Å². The summed E-state index contributed by atoms with van der Waals surface area (Å²) in [4.78, 5) is 14.5. The van der Waals surface area contributed by atoms with Crippen molar-refractivity contribution in [3.63, 3.8) is 0 Å². The summed E-state index contributed by atoms with van der Waals surface area (Å²) in [6.07, 6.45) is 1.77. The first-order chi connectivity index (χ1) is 8.15. The number of thiophene rings is 1. The van der Waals surface area contributed by atoms with Gasteiger partial charge in [0.05, 0.1) is 17.5 Å². The van der Waals surface area contributed by atoms with Crippen LogP contribution in [0.25, 0.3) is 0 Å². The van der Waals surface area contributed by atoms with Gasteiger partial charge in [-0.15, -0.1) is 17.9 Å². The van der Waals surface area contributed by atoms with Crippen LogP contribution >= 0.6 is 22.9 Å². The van der Waals surface area contributed by atoms with Crippen molar-refractivity contribution in [3.8, 4) is 0 Å². The summed E-state index contributed by atoms with van der Waals surface area (Å²) in [5.74, 6) is -0.211. The predicted octanol–water partition coefficient (Wildman–Crippen LogP) is 2.95. The quantitative estimate of drug-likeness (QED) is 0.565. The Morgan fingerprint density at radius 3 is 2.94 bits per heavy atom. The highest BCUT2D eigenvalue weighted by molar-refractivity contribution is 7.16. The first kappa shape index (κ1) is 14.2. The molecule has 0 aliphatic heterocycles. The van der Waals surface area contributed by atoms with E-state index in [0.29, 0.717) is 19.7 Å². The zero-order chi connectivity index (χ0) is 12.7. The van der Waals surface area contributed by atoms with E-state index in [1.165, 1.54) is 11.3 Å². The van der Waals surface area contributed by atoms with Crippen LogP contribution in [-0.2, 0) is 16.1 Å².